The third-order valence-corrected chi connectivity index (χ3v) is 3.69. The summed E-state index contributed by atoms with van der Waals surface area (Å²) in [6, 6.07) is 2.84. The number of aliphatic hydroxyl groups is 1. The molecule has 0 radical (unpaired) electrons. The third kappa shape index (κ3) is 2.09. The van der Waals surface area contributed by atoms with Crippen LogP contribution in [0.1, 0.15) is 11.4 Å². The van der Waals surface area contributed by atoms with Gasteiger partial charge in [0.15, 0.2) is 17.3 Å². The largest absolute Gasteiger partial charge is 0.454 e. The summed E-state index contributed by atoms with van der Waals surface area (Å²) in [7, 11) is -4.60. The Balaban J connectivity index is 2.46. The molecule has 0 bridgehead atoms. The molecule has 1 aromatic carbocycles. The highest BCUT2D eigenvalue weighted by atomic mass is 79.9. The average molecular weight is 311 g/mol. The standard InChI is InChI=1S/C8H8BrO6P/c9-5-2-7-6(14-3-15-7)1-4(5)8(10)16(11,12)13/h1-2,8,10H,3H2,(H2,11,12,13). The van der Waals surface area contributed by atoms with Crippen LogP contribution in [0.25, 0.3) is 0 Å². The lowest BCUT2D eigenvalue weighted by atomic mass is 10.2. The van der Waals surface area contributed by atoms with Crippen LogP contribution in [0.5, 0.6) is 11.5 Å². The summed E-state index contributed by atoms with van der Waals surface area (Å²) in [5.41, 5.74) is 0.0672. The van der Waals surface area contributed by atoms with E-state index in [0.29, 0.717) is 16.0 Å². The molecule has 16 heavy (non-hydrogen) atoms. The number of benzene rings is 1. The molecule has 1 unspecified atom stereocenters. The molecule has 88 valence electrons. The van der Waals surface area contributed by atoms with E-state index in [-0.39, 0.29) is 12.4 Å². The van der Waals surface area contributed by atoms with Crippen LogP contribution in [0.15, 0.2) is 16.6 Å². The smallest absolute Gasteiger partial charge is 0.358 e. The summed E-state index contributed by atoms with van der Waals surface area (Å²) in [6.45, 7) is 0.0528. The van der Waals surface area contributed by atoms with E-state index in [1.54, 1.807) is 0 Å². The Morgan fingerprint density at radius 2 is 1.88 bits per heavy atom. The first-order valence-corrected chi connectivity index (χ1v) is 6.69. The van der Waals surface area contributed by atoms with E-state index < -0.39 is 13.4 Å². The number of ether oxygens (including phenoxy) is 2. The molecule has 0 amide bonds. The summed E-state index contributed by atoms with van der Waals surface area (Å²) < 4.78 is 21.4. The Kier molecular flexibility index (Phi) is 2.98. The van der Waals surface area contributed by atoms with Crippen molar-refractivity contribution in [3.05, 3.63) is 22.2 Å². The lowest BCUT2D eigenvalue weighted by Crippen LogP contribution is -1.99. The van der Waals surface area contributed by atoms with Crippen LogP contribution in [0.3, 0.4) is 0 Å². The lowest BCUT2D eigenvalue weighted by Gasteiger charge is -2.14. The van der Waals surface area contributed by atoms with Crippen LogP contribution in [-0.4, -0.2) is 21.7 Å². The molecule has 0 fully saturated rings. The predicted octanol–water partition coefficient (Wildman–Crippen LogP) is 1.35. The lowest BCUT2D eigenvalue weighted by molar-refractivity contribution is 0.173. The molecule has 0 aromatic heterocycles. The van der Waals surface area contributed by atoms with Crippen LogP contribution in [-0.2, 0) is 4.57 Å². The van der Waals surface area contributed by atoms with E-state index in [4.69, 9.17) is 19.3 Å². The van der Waals surface area contributed by atoms with Gasteiger partial charge in [0.05, 0.1) is 0 Å². The van der Waals surface area contributed by atoms with Crippen molar-refractivity contribution in [3.8, 4) is 11.5 Å². The highest BCUT2D eigenvalue weighted by Gasteiger charge is 2.31. The molecule has 1 heterocycles. The highest BCUT2D eigenvalue weighted by Crippen LogP contribution is 2.53. The molecule has 2 rings (SSSR count). The van der Waals surface area contributed by atoms with Crippen LogP contribution in [0.4, 0.5) is 0 Å². The molecule has 0 aliphatic carbocycles. The summed E-state index contributed by atoms with van der Waals surface area (Å²) in [5, 5.41) is 9.48. The van der Waals surface area contributed by atoms with Crippen molar-refractivity contribution in [2.45, 2.75) is 5.85 Å². The molecule has 0 saturated heterocycles. The van der Waals surface area contributed by atoms with Gasteiger partial charge in [0.25, 0.3) is 0 Å². The van der Waals surface area contributed by atoms with E-state index in [1.807, 2.05) is 0 Å². The molecule has 3 N–H and O–H groups in total. The fraction of sp³-hybridized carbons (Fsp3) is 0.250. The van der Waals surface area contributed by atoms with Gasteiger partial charge in [-0.2, -0.15) is 0 Å². The monoisotopic (exact) mass is 310 g/mol. The Morgan fingerprint density at radius 1 is 1.31 bits per heavy atom. The summed E-state index contributed by atoms with van der Waals surface area (Å²) in [5.74, 6) is -1.06. The first-order valence-electron chi connectivity index (χ1n) is 4.22. The summed E-state index contributed by atoms with van der Waals surface area (Å²) in [4.78, 5) is 17.8. The molecular formula is C8H8BrO6P. The van der Waals surface area contributed by atoms with E-state index in [1.165, 1.54) is 12.1 Å². The Hall–Kier alpha value is -0.590. The maximum atomic E-state index is 10.9. The number of fused-ring (bicyclic) bond motifs is 1. The van der Waals surface area contributed by atoms with E-state index in [0.717, 1.165) is 0 Å². The van der Waals surface area contributed by atoms with Crippen molar-refractivity contribution in [2.24, 2.45) is 0 Å². The molecule has 0 saturated carbocycles. The highest BCUT2D eigenvalue weighted by molar-refractivity contribution is 9.10. The first kappa shape index (κ1) is 11.9. The topological polar surface area (TPSA) is 96.2 Å². The van der Waals surface area contributed by atoms with Crippen LogP contribution < -0.4 is 9.47 Å². The number of halogens is 1. The van der Waals surface area contributed by atoms with Crippen molar-refractivity contribution >= 4 is 23.5 Å². The van der Waals surface area contributed by atoms with Gasteiger partial charge in [-0.05, 0) is 12.1 Å². The fourth-order valence-electron chi connectivity index (χ4n) is 1.31. The van der Waals surface area contributed by atoms with Gasteiger partial charge in [-0.15, -0.1) is 0 Å². The van der Waals surface area contributed by atoms with Gasteiger partial charge < -0.3 is 24.4 Å². The second kappa shape index (κ2) is 4.01. The maximum Gasteiger partial charge on any atom is 0.358 e. The van der Waals surface area contributed by atoms with Crippen molar-refractivity contribution in [3.63, 3.8) is 0 Å². The van der Waals surface area contributed by atoms with Gasteiger partial charge >= 0.3 is 7.60 Å². The number of rotatable bonds is 2. The van der Waals surface area contributed by atoms with Crippen molar-refractivity contribution in [1.82, 2.24) is 0 Å². The zero-order valence-corrected chi connectivity index (χ0v) is 10.3. The molecule has 1 aliphatic heterocycles. The Morgan fingerprint density at radius 3 is 2.44 bits per heavy atom. The Labute approximate surface area is 99.1 Å². The minimum Gasteiger partial charge on any atom is -0.454 e. The normalized spacial score (nSPS) is 16.2. The van der Waals surface area contributed by atoms with Crippen molar-refractivity contribution < 1.29 is 28.9 Å². The predicted molar refractivity (Wildman–Crippen MR) is 57.3 cm³/mol. The molecule has 6 nitrogen and oxygen atoms in total. The fourth-order valence-corrected chi connectivity index (χ4v) is 2.60. The van der Waals surface area contributed by atoms with E-state index >= 15 is 0 Å². The van der Waals surface area contributed by atoms with Gasteiger partial charge in [-0.1, -0.05) is 15.9 Å². The SMILES string of the molecule is O=P(O)(O)C(O)c1cc2c(cc1Br)OCO2. The van der Waals surface area contributed by atoms with Gasteiger partial charge in [0.1, 0.15) is 0 Å². The maximum absolute atomic E-state index is 10.9. The van der Waals surface area contributed by atoms with E-state index in [9.17, 15) is 9.67 Å². The molecule has 1 aliphatic rings. The van der Waals surface area contributed by atoms with Gasteiger partial charge in [0, 0.05) is 10.0 Å². The second-order valence-corrected chi connectivity index (χ2v) is 5.71. The van der Waals surface area contributed by atoms with Gasteiger partial charge in [-0.25, -0.2) is 0 Å². The minimum atomic E-state index is -4.60. The Bertz CT molecular complexity index is 470. The minimum absolute atomic E-state index is 0.0528. The number of aliphatic hydroxyl groups excluding tert-OH is 1. The van der Waals surface area contributed by atoms with Gasteiger partial charge in [0.2, 0.25) is 6.79 Å². The zero-order valence-electron chi connectivity index (χ0n) is 7.83. The second-order valence-electron chi connectivity index (χ2n) is 3.19. The zero-order chi connectivity index (χ0) is 11.9. The number of hydrogen-bond donors (Lipinski definition) is 3. The molecule has 1 atom stereocenters. The molecule has 8 heteroatoms. The third-order valence-electron chi connectivity index (χ3n) is 2.09. The van der Waals surface area contributed by atoms with Crippen LogP contribution in [0, 0.1) is 0 Å². The van der Waals surface area contributed by atoms with E-state index in [2.05, 4.69) is 15.9 Å². The molecule has 1 aromatic rings. The number of hydrogen-bond acceptors (Lipinski definition) is 4. The van der Waals surface area contributed by atoms with Crippen molar-refractivity contribution in [1.29, 1.82) is 0 Å². The average Bonchev–Trinajstić information content (AvgIpc) is 2.60. The van der Waals surface area contributed by atoms with Gasteiger partial charge in [-0.3, -0.25) is 4.57 Å². The van der Waals surface area contributed by atoms with Crippen LogP contribution in [0.2, 0.25) is 0 Å². The van der Waals surface area contributed by atoms with Crippen LogP contribution >= 0.6 is 23.5 Å². The molecule has 0 spiro atoms. The first-order chi connectivity index (χ1) is 7.39. The molecular weight excluding hydrogens is 303 g/mol. The quantitative estimate of drug-likeness (QED) is 0.714. The van der Waals surface area contributed by atoms with Crippen molar-refractivity contribution in [2.75, 3.05) is 6.79 Å². The summed E-state index contributed by atoms with van der Waals surface area (Å²) >= 11 is 3.10. The summed E-state index contributed by atoms with van der Waals surface area (Å²) in [6.07, 6.45) is 0.